The number of carbonyl (C=O) groups is 1. The smallest absolute Gasteiger partial charge is 0.236 e. The SMILES string of the molecule is CCOCCN1CCN(CC(=O)N2CCCC2)C[C@@H]1C. The van der Waals surface area contributed by atoms with Crippen LogP contribution in [0.15, 0.2) is 0 Å². The first kappa shape index (κ1) is 15.7. The summed E-state index contributed by atoms with van der Waals surface area (Å²) in [6, 6.07) is 0.510. The molecule has 2 saturated heterocycles. The second-order valence-electron chi connectivity index (χ2n) is 5.90. The second-order valence-corrected chi connectivity index (χ2v) is 5.90. The van der Waals surface area contributed by atoms with Crippen LogP contribution in [0.1, 0.15) is 26.7 Å². The van der Waals surface area contributed by atoms with E-state index in [1.54, 1.807) is 0 Å². The van der Waals surface area contributed by atoms with Crippen LogP contribution in [-0.2, 0) is 9.53 Å². The van der Waals surface area contributed by atoms with Crippen molar-refractivity contribution in [2.45, 2.75) is 32.7 Å². The number of ether oxygens (including phenoxy) is 1. The fraction of sp³-hybridized carbons (Fsp3) is 0.933. The van der Waals surface area contributed by atoms with E-state index in [2.05, 4.69) is 16.7 Å². The van der Waals surface area contributed by atoms with E-state index in [9.17, 15) is 4.79 Å². The summed E-state index contributed by atoms with van der Waals surface area (Å²) in [7, 11) is 0. The molecule has 0 saturated carbocycles. The molecule has 0 spiro atoms. The molecular weight excluding hydrogens is 254 g/mol. The van der Waals surface area contributed by atoms with Crippen LogP contribution >= 0.6 is 0 Å². The summed E-state index contributed by atoms with van der Waals surface area (Å²) >= 11 is 0. The minimum atomic E-state index is 0.317. The lowest BCUT2D eigenvalue weighted by Gasteiger charge is -2.39. The van der Waals surface area contributed by atoms with Crippen LogP contribution < -0.4 is 0 Å². The molecule has 0 aromatic carbocycles. The zero-order valence-corrected chi connectivity index (χ0v) is 13.0. The molecule has 5 heteroatoms. The van der Waals surface area contributed by atoms with E-state index >= 15 is 0 Å². The van der Waals surface area contributed by atoms with Crippen molar-refractivity contribution in [3.8, 4) is 0 Å². The minimum Gasteiger partial charge on any atom is -0.380 e. The topological polar surface area (TPSA) is 36.0 Å². The van der Waals surface area contributed by atoms with Crippen LogP contribution in [0.3, 0.4) is 0 Å². The lowest BCUT2D eigenvalue weighted by Crippen LogP contribution is -2.54. The number of rotatable bonds is 6. The van der Waals surface area contributed by atoms with Crippen molar-refractivity contribution in [3.63, 3.8) is 0 Å². The first-order chi connectivity index (χ1) is 9.70. The van der Waals surface area contributed by atoms with Gasteiger partial charge in [0.25, 0.3) is 0 Å². The molecule has 0 aromatic heterocycles. The molecule has 2 aliphatic rings. The number of nitrogens with zero attached hydrogens (tertiary/aromatic N) is 3. The van der Waals surface area contributed by atoms with Gasteiger partial charge < -0.3 is 9.64 Å². The Balaban J connectivity index is 1.70. The zero-order chi connectivity index (χ0) is 14.4. The lowest BCUT2D eigenvalue weighted by atomic mass is 10.2. The van der Waals surface area contributed by atoms with Crippen molar-refractivity contribution in [1.82, 2.24) is 14.7 Å². The third-order valence-electron chi connectivity index (χ3n) is 4.39. The minimum absolute atomic E-state index is 0.317. The molecule has 0 aromatic rings. The Bertz CT molecular complexity index is 305. The first-order valence-corrected chi connectivity index (χ1v) is 8.02. The molecular formula is C15H29N3O2. The maximum Gasteiger partial charge on any atom is 0.236 e. The molecule has 0 N–H and O–H groups in total. The van der Waals surface area contributed by atoms with E-state index in [0.717, 1.165) is 52.5 Å². The molecule has 0 bridgehead atoms. The molecule has 2 fully saturated rings. The van der Waals surface area contributed by atoms with Gasteiger partial charge in [-0.1, -0.05) is 0 Å². The number of hydrogen-bond acceptors (Lipinski definition) is 4. The van der Waals surface area contributed by atoms with Gasteiger partial charge in [0.05, 0.1) is 13.2 Å². The van der Waals surface area contributed by atoms with Crippen LogP contribution in [0.4, 0.5) is 0 Å². The van der Waals surface area contributed by atoms with Gasteiger partial charge in [-0.05, 0) is 26.7 Å². The van der Waals surface area contributed by atoms with E-state index in [-0.39, 0.29) is 0 Å². The van der Waals surface area contributed by atoms with Gasteiger partial charge in [-0.15, -0.1) is 0 Å². The number of amides is 1. The van der Waals surface area contributed by atoms with Crippen molar-refractivity contribution in [1.29, 1.82) is 0 Å². The van der Waals surface area contributed by atoms with Gasteiger partial charge in [-0.2, -0.15) is 0 Å². The Morgan fingerprint density at radius 1 is 1.20 bits per heavy atom. The largest absolute Gasteiger partial charge is 0.380 e. The third kappa shape index (κ3) is 4.43. The Hall–Kier alpha value is -0.650. The quantitative estimate of drug-likeness (QED) is 0.671. The van der Waals surface area contributed by atoms with Gasteiger partial charge in [-0.25, -0.2) is 0 Å². The molecule has 1 amide bonds. The van der Waals surface area contributed by atoms with E-state index in [1.807, 2.05) is 11.8 Å². The standard InChI is InChI=1S/C15H29N3O2/c1-3-20-11-10-17-9-8-16(12-14(17)2)13-15(19)18-6-4-5-7-18/h14H,3-13H2,1-2H3/t14-/m0/s1. The fourth-order valence-electron chi connectivity index (χ4n) is 3.13. The molecule has 20 heavy (non-hydrogen) atoms. The fourth-order valence-corrected chi connectivity index (χ4v) is 3.13. The average molecular weight is 283 g/mol. The van der Waals surface area contributed by atoms with Crippen molar-refractivity contribution in [2.24, 2.45) is 0 Å². The summed E-state index contributed by atoms with van der Waals surface area (Å²) in [5, 5.41) is 0. The summed E-state index contributed by atoms with van der Waals surface area (Å²) in [5.41, 5.74) is 0. The van der Waals surface area contributed by atoms with Crippen LogP contribution in [0, 0.1) is 0 Å². The van der Waals surface area contributed by atoms with Gasteiger partial charge in [-0.3, -0.25) is 14.6 Å². The van der Waals surface area contributed by atoms with Gasteiger partial charge >= 0.3 is 0 Å². The molecule has 2 aliphatic heterocycles. The van der Waals surface area contributed by atoms with Crippen LogP contribution in [-0.4, -0.2) is 85.7 Å². The maximum atomic E-state index is 12.2. The summed E-state index contributed by atoms with van der Waals surface area (Å²) in [5.74, 6) is 0.317. The van der Waals surface area contributed by atoms with E-state index in [0.29, 0.717) is 18.5 Å². The maximum absolute atomic E-state index is 12.2. The predicted molar refractivity (Wildman–Crippen MR) is 79.8 cm³/mol. The highest BCUT2D eigenvalue weighted by Gasteiger charge is 2.26. The average Bonchev–Trinajstić information content (AvgIpc) is 2.95. The Labute approximate surface area is 122 Å². The molecule has 0 radical (unpaired) electrons. The Morgan fingerprint density at radius 3 is 2.60 bits per heavy atom. The predicted octanol–water partition coefficient (Wildman–Crippen LogP) is 0.651. The van der Waals surface area contributed by atoms with Crippen molar-refractivity contribution < 1.29 is 9.53 Å². The number of carbonyl (C=O) groups excluding carboxylic acids is 1. The van der Waals surface area contributed by atoms with Gasteiger partial charge in [0.15, 0.2) is 0 Å². The first-order valence-electron chi connectivity index (χ1n) is 8.02. The molecule has 0 aliphatic carbocycles. The summed E-state index contributed by atoms with van der Waals surface area (Å²) in [6.07, 6.45) is 2.35. The number of likely N-dealkylation sites (tertiary alicyclic amines) is 1. The molecule has 5 nitrogen and oxygen atoms in total. The summed E-state index contributed by atoms with van der Waals surface area (Å²) in [4.78, 5) is 19.0. The van der Waals surface area contributed by atoms with E-state index < -0.39 is 0 Å². The van der Waals surface area contributed by atoms with Gasteiger partial charge in [0.2, 0.25) is 5.91 Å². The molecule has 2 rings (SSSR count). The van der Waals surface area contributed by atoms with E-state index in [1.165, 1.54) is 12.8 Å². The Kier molecular flexibility index (Phi) is 6.26. The van der Waals surface area contributed by atoms with Crippen LogP contribution in [0.2, 0.25) is 0 Å². The van der Waals surface area contributed by atoms with Crippen LogP contribution in [0.25, 0.3) is 0 Å². The highest BCUT2D eigenvalue weighted by atomic mass is 16.5. The lowest BCUT2D eigenvalue weighted by molar-refractivity contribution is -0.132. The molecule has 2 heterocycles. The van der Waals surface area contributed by atoms with E-state index in [4.69, 9.17) is 4.74 Å². The van der Waals surface area contributed by atoms with Gasteiger partial charge in [0.1, 0.15) is 0 Å². The third-order valence-corrected chi connectivity index (χ3v) is 4.39. The molecule has 0 unspecified atom stereocenters. The molecule has 116 valence electrons. The summed E-state index contributed by atoms with van der Waals surface area (Å²) in [6.45, 7) is 12.4. The Morgan fingerprint density at radius 2 is 1.95 bits per heavy atom. The highest BCUT2D eigenvalue weighted by molar-refractivity contribution is 5.78. The second kappa shape index (κ2) is 7.96. The zero-order valence-electron chi connectivity index (χ0n) is 13.0. The number of hydrogen-bond donors (Lipinski definition) is 0. The number of piperazine rings is 1. The normalized spacial score (nSPS) is 25.3. The molecule has 1 atom stereocenters. The monoisotopic (exact) mass is 283 g/mol. The van der Waals surface area contributed by atoms with Crippen molar-refractivity contribution >= 4 is 5.91 Å². The van der Waals surface area contributed by atoms with Crippen LogP contribution in [0.5, 0.6) is 0 Å². The van der Waals surface area contributed by atoms with Gasteiger partial charge in [0, 0.05) is 51.9 Å². The van der Waals surface area contributed by atoms with Crippen molar-refractivity contribution in [3.05, 3.63) is 0 Å². The van der Waals surface area contributed by atoms with Crippen molar-refractivity contribution in [2.75, 3.05) is 59.0 Å². The summed E-state index contributed by atoms with van der Waals surface area (Å²) < 4.78 is 5.43. The highest BCUT2D eigenvalue weighted by Crippen LogP contribution is 2.12.